The fraction of sp³-hybridized carbons (Fsp3) is 0.316. The third kappa shape index (κ3) is 4.84. The zero-order valence-corrected chi connectivity index (χ0v) is 17.6. The summed E-state index contributed by atoms with van der Waals surface area (Å²) in [5.41, 5.74) is -1.98. The van der Waals surface area contributed by atoms with E-state index in [4.69, 9.17) is 11.6 Å². The van der Waals surface area contributed by atoms with Crippen LogP contribution in [0.2, 0.25) is 5.02 Å². The standard InChI is InChI=1S/C19H17ClF4N2O4S/c1-19(28)2-4-26(5-3-19)31(29,30)16-8-11(12(20)9-13(16)21)18(27)25-10-6-14(22)17(24)15(23)7-10/h6-9,28H,2-5H2,1H3,(H,25,27). The van der Waals surface area contributed by atoms with Gasteiger partial charge in [-0.3, -0.25) is 4.79 Å². The second-order valence-electron chi connectivity index (χ2n) is 7.37. The van der Waals surface area contributed by atoms with E-state index < -0.39 is 66.0 Å². The quantitative estimate of drug-likeness (QED) is 0.516. The lowest BCUT2D eigenvalue weighted by Crippen LogP contribution is -2.45. The van der Waals surface area contributed by atoms with Crippen molar-refractivity contribution < 1.29 is 35.9 Å². The lowest BCUT2D eigenvalue weighted by molar-refractivity contribution is 0.0125. The summed E-state index contributed by atoms with van der Waals surface area (Å²) in [6.45, 7) is 1.43. The van der Waals surface area contributed by atoms with E-state index in [1.54, 1.807) is 6.92 Å². The van der Waals surface area contributed by atoms with Crippen LogP contribution in [0.15, 0.2) is 29.2 Å². The molecule has 0 saturated carbocycles. The average molecular weight is 481 g/mol. The number of sulfonamides is 1. The van der Waals surface area contributed by atoms with Crippen molar-refractivity contribution in [3.8, 4) is 0 Å². The fourth-order valence-electron chi connectivity index (χ4n) is 3.07. The number of nitrogens with zero attached hydrogens (tertiary/aromatic N) is 1. The van der Waals surface area contributed by atoms with E-state index in [-0.39, 0.29) is 25.9 Å². The van der Waals surface area contributed by atoms with E-state index in [9.17, 15) is 35.9 Å². The summed E-state index contributed by atoms with van der Waals surface area (Å²) < 4.78 is 81.0. The molecular formula is C19H17ClF4N2O4S. The Labute approximate surface area is 180 Å². The molecule has 0 atom stereocenters. The highest BCUT2D eigenvalue weighted by atomic mass is 35.5. The van der Waals surface area contributed by atoms with Crippen molar-refractivity contribution in [3.63, 3.8) is 0 Å². The number of nitrogens with one attached hydrogen (secondary N) is 1. The van der Waals surface area contributed by atoms with Gasteiger partial charge < -0.3 is 10.4 Å². The molecule has 0 bridgehead atoms. The van der Waals surface area contributed by atoms with E-state index in [1.807, 2.05) is 0 Å². The number of halogens is 5. The third-order valence-corrected chi connectivity index (χ3v) is 7.15. The molecule has 31 heavy (non-hydrogen) atoms. The minimum atomic E-state index is -4.37. The van der Waals surface area contributed by atoms with Gasteiger partial charge in [0, 0.05) is 30.9 Å². The largest absolute Gasteiger partial charge is 0.390 e. The maximum atomic E-state index is 14.5. The van der Waals surface area contributed by atoms with Gasteiger partial charge in [-0.25, -0.2) is 26.0 Å². The molecule has 3 rings (SSSR count). The predicted octanol–water partition coefficient (Wildman–Crippen LogP) is 3.68. The molecule has 0 radical (unpaired) electrons. The van der Waals surface area contributed by atoms with E-state index >= 15 is 0 Å². The molecule has 2 aromatic rings. The normalized spacial score (nSPS) is 16.9. The molecule has 12 heteroatoms. The molecular weight excluding hydrogens is 464 g/mol. The van der Waals surface area contributed by atoms with Gasteiger partial charge in [0.15, 0.2) is 17.5 Å². The number of benzene rings is 2. The summed E-state index contributed by atoms with van der Waals surface area (Å²) in [6, 6.07) is 2.39. The summed E-state index contributed by atoms with van der Waals surface area (Å²) in [5.74, 6) is -7.12. The van der Waals surface area contributed by atoms with Gasteiger partial charge in [-0.2, -0.15) is 4.31 Å². The molecule has 168 valence electrons. The van der Waals surface area contributed by atoms with Gasteiger partial charge in [-0.05, 0) is 31.9 Å². The zero-order valence-electron chi connectivity index (χ0n) is 16.1. The predicted molar refractivity (Wildman–Crippen MR) is 104 cm³/mol. The molecule has 0 spiro atoms. The van der Waals surface area contributed by atoms with E-state index in [0.29, 0.717) is 24.3 Å². The molecule has 2 N–H and O–H groups in total. The summed E-state index contributed by atoms with van der Waals surface area (Å²) >= 11 is 5.87. The molecule has 0 unspecified atom stereocenters. The number of hydrogen-bond donors (Lipinski definition) is 2. The number of rotatable bonds is 4. The Morgan fingerprint density at radius 1 is 1.06 bits per heavy atom. The number of hydrogen-bond acceptors (Lipinski definition) is 4. The maximum Gasteiger partial charge on any atom is 0.257 e. The fourth-order valence-corrected chi connectivity index (χ4v) is 4.82. The first-order valence-electron chi connectivity index (χ1n) is 8.99. The van der Waals surface area contributed by atoms with E-state index in [1.165, 1.54) is 0 Å². The van der Waals surface area contributed by atoms with Crippen LogP contribution in [0.4, 0.5) is 23.2 Å². The smallest absolute Gasteiger partial charge is 0.257 e. The second-order valence-corrected chi connectivity index (χ2v) is 9.69. The van der Waals surface area contributed by atoms with Crippen LogP contribution in [0.5, 0.6) is 0 Å². The van der Waals surface area contributed by atoms with Crippen molar-refractivity contribution in [3.05, 3.63) is 58.1 Å². The Morgan fingerprint density at radius 2 is 1.61 bits per heavy atom. The number of anilines is 1. The lowest BCUT2D eigenvalue weighted by atomic mass is 9.95. The Kier molecular flexibility index (Phi) is 6.34. The van der Waals surface area contributed by atoms with Crippen LogP contribution >= 0.6 is 11.6 Å². The molecule has 0 aromatic heterocycles. The molecule has 1 saturated heterocycles. The average Bonchev–Trinajstić information content (AvgIpc) is 2.65. The van der Waals surface area contributed by atoms with Crippen molar-refractivity contribution >= 4 is 33.2 Å². The summed E-state index contributed by atoms with van der Waals surface area (Å²) in [6.07, 6.45) is 0.271. The van der Waals surface area contributed by atoms with Crippen molar-refractivity contribution in [2.75, 3.05) is 18.4 Å². The Hall–Kier alpha value is -2.21. The van der Waals surface area contributed by atoms with Gasteiger partial charge in [0.2, 0.25) is 10.0 Å². The number of amides is 1. The molecule has 1 aliphatic heterocycles. The number of carbonyl (C=O) groups excluding carboxylic acids is 1. The van der Waals surface area contributed by atoms with Gasteiger partial charge in [0.1, 0.15) is 10.7 Å². The minimum absolute atomic E-state index is 0.0624. The van der Waals surface area contributed by atoms with Crippen LogP contribution in [0, 0.1) is 23.3 Å². The monoisotopic (exact) mass is 480 g/mol. The van der Waals surface area contributed by atoms with Crippen LogP contribution in [0.1, 0.15) is 30.1 Å². The highest BCUT2D eigenvalue weighted by molar-refractivity contribution is 7.89. The number of aliphatic hydroxyl groups is 1. The third-order valence-electron chi connectivity index (χ3n) is 4.93. The summed E-state index contributed by atoms with van der Waals surface area (Å²) in [4.78, 5) is 11.7. The molecule has 1 aliphatic rings. The minimum Gasteiger partial charge on any atom is -0.390 e. The number of carbonyl (C=O) groups is 1. The summed E-state index contributed by atoms with van der Waals surface area (Å²) in [7, 11) is -4.37. The van der Waals surface area contributed by atoms with Crippen LogP contribution in [0.25, 0.3) is 0 Å². The van der Waals surface area contributed by atoms with Gasteiger partial charge in [-0.1, -0.05) is 11.6 Å². The van der Waals surface area contributed by atoms with E-state index in [2.05, 4.69) is 5.32 Å². The van der Waals surface area contributed by atoms with Crippen molar-refractivity contribution in [2.24, 2.45) is 0 Å². The lowest BCUT2D eigenvalue weighted by Gasteiger charge is -2.35. The van der Waals surface area contributed by atoms with Gasteiger partial charge in [0.05, 0.1) is 16.2 Å². The summed E-state index contributed by atoms with van der Waals surface area (Å²) in [5, 5.41) is 11.6. The molecule has 2 aromatic carbocycles. The van der Waals surface area contributed by atoms with Crippen LogP contribution in [-0.4, -0.2) is 42.4 Å². The Morgan fingerprint density at radius 3 is 2.16 bits per heavy atom. The van der Waals surface area contributed by atoms with Gasteiger partial charge in [-0.15, -0.1) is 0 Å². The van der Waals surface area contributed by atoms with Gasteiger partial charge in [0.25, 0.3) is 5.91 Å². The highest BCUT2D eigenvalue weighted by Gasteiger charge is 2.36. The first kappa shape index (κ1) is 23.5. The maximum absolute atomic E-state index is 14.5. The molecule has 1 amide bonds. The van der Waals surface area contributed by atoms with E-state index in [0.717, 1.165) is 4.31 Å². The zero-order chi connectivity index (χ0) is 23.1. The van der Waals surface area contributed by atoms with Crippen LogP contribution in [0.3, 0.4) is 0 Å². The Balaban J connectivity index is 1.93. The highest BCUT2D eigenvalue weighted by Crippen LogP contribution is 2.30. The van der Waals surface area contributed by atoms with Crippen molar-refractivity contribution in [1.82, 2.24) is 4.31 Å². The Bertz CT molecular complexity index is 1120. The van der Waals surface area contributed by atoms with Crippen LogP contribution in [-0.2, 0) is 10.0 Å². The van der Waals surface area contributed by atoms with Crippen LogP contribution < -0.4 is 5.32 Å². The second kappa shape index (κ2) is 8.38. The molecule has 6 nitrogen and oxygen atoms in total. The van der Waals surface area contributed by atoms with Crippen molar-refractivity contribution in [2.45, 2.75) is 30.3 Å². The van der Waals surface area contributed by atoms with Gasteiger partial charge >= 0.3 is 0 Å². The number of piperidine rings is 1. The molecule has 0 aliphatic carbocycles. The first-order chi connectivity index (χ1) is 14.3. The molecule has 1 fully saturated rings. The topological polar surface area (TPSA) is 86.7 Å². The van der Waals surface area contributed by atoms with Crippen molar-refractivity contribution in [1.29, 1.82) is 0 Å². The SMILES string of the molecule is CC1(O)CCN(S(=O)(=O)c2cc(C(=O)Nc3cc(F)c(F)c(F)c3)c(Cl)cc2F)CC1. The first-order valence-corrected chi connectivity index (χ1v) is 10.8. The molecule has 1 heterocycles.